The third kappa shape index (κ3) is 3.37. The lowest BCUT2D eigenvalue weighted by Crippen LogP contribution is -2.25. The van der Waals surface area contributed by atoms with E-state index in [1.165, 1.54) is 0 Å². The maximum Gasteiger partial charge on any atom is 0.191 e. The summed E-state index contributed by atoms with van der Waals surface area (Å²) in [5.41, 5.74) is 5.84. The van der Waals surface area contributed by atoms with Crippen molar-refractivity contribution in [1.29, 1.82) is 0 Å². The van der Waals surface area contributed by atoms with Crippen LogP contribution in [-0.4, -0.2) is 23.7 Å². The Balaban J connectivity index is 1.68. The fourth-order valence-electron chi connectivity index (χ4n) is 2.40. The number of rotatable bonds is 3. The highest BCUT2D eigenvalue weighted by Crippen LogP contribution is 2.22. The molecular weight excluding hydrogens is 310 g/mol. The second-order valence-corrected chi connectivity index (χ2v) is 5.41. The number of hydrazone groups is 1. The second kappa shape index (κ2) is 6.58. The third-order valence-electron chi connectivity index (χ3n) is 3.49. The van der Waals surface area contributed by atoms with Crippen LogP contribution in [0.1, 0.15) is 22.3 Å². The number of hydrogen-bond donors (Lipinski definition) is 2. The molecule has 5 nitrogen and oxygen atoms in total. The lowest BCUT2D eigenvalue weighted by Gasteiger charge is -2.09. The highest BCUT2D eigenvalue weighted by molar-refractivity contribution is 7.80. The Morgan fingerprint density at radius 1 is 1.17 bits per heavy atom. The van der Waals surface area contributed by atoms with Gasteiger partial charge in [0.15, 0.2) is 10.9 Å². The van der Waals surface area contributed by atoms with E-state index >= 15 is 0 Å². The van der Waals surface area contributed by atoms with Crippen LogP contribution in [0.2, 0.25) is 0 Å². The van der Waals surface area contributed by atoms with Gasteiger partial charge < -0.3 is 10.1 Å². The number of hydrogen-bond acceptors (Lipinski definition) is 4. The Labute approximate surface area is 139 Å². The molecule has 23 heavy (non-hydrogen) atoms. The maximum absolute atomic E-state index is 11.9. The van der Waals surface area contributed by atoms with Crippen molar-refractivity contribution in [2.45, 2.75) is 6.42 Å². The lowest BCUT2D eigenvalue weighted by atomic mass is 10.1. The number of benzene rings is 2. The quantitative estimate of drug-likeness (QED) is 0.671. The number of ketones is 1. The van der Waals surface area contributed by atoms with Crippen LogP contribution < -0.4 is 15.5 Å². The van der Waals surface area contributed by atoms with Crippen LogP contribution in [-0.2, 0) is 0 Å². The Hall–Kier alpha value is -2.73. The Bertz CT molecular complexity index is 802. The molecule has 1 aliphatic carbocycles. The number of carbonyl (C=O) groups is 1. The zero-order valence-corrected chi connectivity index (χ0v) is 13.3. The zero-order chi connectivity index (χ0) is 16.2. The van der Waals surface area contributed by atoms with Crippen molar-refractivity contribution in [3.63, 3.8) is 0 Å². The largest absolute Gasteiger partial charge is 0.497 e. The maximum atomic E-state index is 11.9. The molecule has 6 heteroatoms. The molecule has 0 amide bonds. The number of nitrogens with zero attached hydrogens (tertiary/aromatic N) is 1. The minimum absolute atomic E-state index is 0.0767. The first-order chi connectivity index (χ1) is 11.2. The van der Waals surface area contributed by atoms with Crippen molar-refractivity contribution in [2.24, 2.45) is 5.10 Å². The summed E-state index contributed by atoms with van der Waals surface area (Å²) in [5.74, 6) is 0.812. The first-order valence-corrected chi connectivity index (χ1v) is 7.48. The van der Waals surface area contributed by atoms with Crippen molar-refractivity contribution < 1.29 is 9.53 Å². The first kappa shape index (κ1) is 15.2. The van der Waals surface area contributed by atoms with Gasteiger partial charge in [0.1, 0.15) is 5.75 Å². The van der Waals surface area contributed by atoms with Crippen LogP contribution in [0.3, 0.4) is 0 Å². The van der Waals surface area contributed by atoms with Crippen LogP contribution >= 0.6 is 12.2 Å². The molecule has 0 heterocycles. The molecule has 116 valence electrons. The summed E-state index contributed by atoms with van der Waals surface area (Å²) >= 11 is 5.22. The highest BCUT2D eigenvalue weighted by atomic mass is 32.1. The van der Waals surface area contributed by atoms with E-state index in [1.807, 2.05) is 48.5 Å². The van der Waals surface area contributed by atoms with Gasteiger partial charge >= 0.3 is 0 Å². The number of fused-ring (bicyclic) bond motifs is 1. The van der Waals surface area contributed by atoms with E-state index < -0.39 is 0 Å². The van der Waals surface area contributed by atoms with Gasteiger partial charge in [0.2, 0.25) is 0 Å². The molecule has 2 aromatic carbocycles. The topological polar surface area (TPSA) is 62.7 Å². The van der Waals surface area contributed by atoms with Crippen LogP contribution in [0.4, 0.5) is 5.69 Å². The summed E-state index contributed by atoms with van der Waals surface area (Å²) in [6, 6.07) is 14.9. The highest BCUT2D eigenvalue weighted by Gasteiger charge is 2.24. The van der Waals surface area contributed by atoms with E-state index in [-0.39, 0.29) is 12.2 Å². The van der Waals surface area contributed by atoms with Gasteiger partial charge in [-0.15, -0.1) is 0 Å². The minimum atomic E-state index is 0.0767. The normalized spacial score (nSPS) is 14.5. The summed E-state index contributed by atoms with van der Waals surface area (Å²) in [5, 5.41) is 7.64. The standard InChI is InChI=1S/C17H15N3O2S/c1-22-12-6-4-5-11(9-12)18-17(23)20-19-15-10-16(21)14-8-3-2-7-13(14)15/h2-9H,10H2,1H3,(H2,18,20,23)/b19-15-. The van der Waals surface area contributed by atoms with Gasteiger partial charge in [0.25, 0.3) is 0 Å². The van der Waals surface area contributed by atoms with E-state index in [0.29, 0.717) is 16.4 Å². The summed E-state index contributed by atoms with van der Waals surface area (Å²) in [6.45, 7) is 0. The van der Waals surface area contributed by atoms with Crippen LogP contribution in [0.15, 0.2) is 53.6 Å². The predicted molar refractivity (Wildman–Crippen MR) is 94.3 cm³/mol. The van der Waals surface area contributed by atoms with Gasteiger partial charge in [-0.1, -0.05) is 30.3 Å². The molecule has 2 aromatic rings. The summed E-state index contributed by atoms with van der Waals surface area (Å²) in [7, 11) is 1.61. The van der Waals surface area contributed by atoms with Crippen molar-refractivity contribution in [3.8, 4) is 5.75 Å². The molecular formula is C17H15N3O2S. The van der Waals surface area contributed by atoms with Crippen LogP contribution in [0, 0.1) is 0 Å². The van der Waals surface area contributed by atoms with Crippen molar-refractivity contribution in [3.05, 3.63) is 59.7 Å². The molecule has 0 atom stereocenters. The van der Waals surface area contributed by atoms with E-state index in [1.54, 1.807) is 7.11 Å². The second-order valence-electron chi connectivity index (χ2n) is 5.00. The molecule has 0 bridgehead atoms. The Morgan fingerprint density at radius 2 is 1.96 bits per heavy atom. The molecule has 1 aliphatic rings. The SMILES string of the molecule is COc1cccc(NC(=S)N/N=C2/CC(=O)c3ccccc32)c1. The van der Waals surface area contributed by atoms with Gasteiger partial charge in [0, 0.05) is 22.9 Å². The third-order valence-corrected chi connectivity index (χ3v) is 3.68. The smallest absolute Gasteiger partial charge is 0.191 e. The molecule has 3 rings (SSSR count). The summed E-state index contributed by atoms with van der Waals surface area (Å²) in [6.07, 6.45) is 0.286. The average molecular weight is 325 g/mol. The van der Waals surface area contributed by atoms with E-state index in [0.717, 1.165) is 17.0 Å². The van der Waals surface area contributed by atoms with E-state index in [9.17, 15) is 4.79 Å². The Morgan fingerprint density at radius 3 is 2.74 bits per heavy atom. The molecule has 2 N–H and O–H groups in total. The number of carbonyl (C=O) groups excluding carboxylic acids is 1. The minimum Gasteiger partial charge on any atom is -0.497 e. The number of thiocarbonyl (C=S) groups is 1. The van der Waals surface area contributed by atoms with E-state index in [4.69, 9.17) is 17.0 Å². The number of anilines is 1. The molecule has 0 unspecified atom stereocenters. The van der Waals surface area contributed by atoms with E-state index in [2.05, 4.69) is 15.8 Å². The van der Waals surface area contributed by atoms with Gasteiger partial charge in [-0.05, 0) is 24.4 Å². The number of ether oxygens (including phenoxy) is 1. The van der Waals surface area contributed by atoms with Gasteiger partial charge in [-0.3, -0.25) is 10.2 Å². The molecule has 0 aliphatic heterocycles. The van der Waals surface area contributed by atoms with Crippen LogP contribution in [0.5, 0.6) is 5.75 Å². The molecule has 0 fully saturated rings. The Kier molecular flexibility index (Phi) is 4.34. The van der Waals surface area contributed by atoms with Crippen molar-refractivity contribution in [1.82, 2.24) is 5.43 Å². The van der Waals surface area contributed by atoms with Crippen molar-refractivity contribution in [2.75, 3.05) is 12.4 Å². The van der Waals surface area contributed by atoms with Gasteiger partial charge in [-0.2, -0.15) is 5.10 Å². The molecule has 0 saturated carbocycles. The zero-order valence-electron chi connectivity index (χ0n) is 12.5. The van der Waals surface area contributed by atoms with Crippen LogP contribution in [0.25, 0.3) is 0 Å². The molecule has 0 radical (unpaired) electrons. The fraction of sp³-hybridized carbons (Fsp3) is 0.118. The molecule has 0 saturated heterocycles. The molecule has 0 spiro atoms. The first-order valence-electron chi connectivity index (χ1n) is 7.07. The van der Waals surface area contributed by atoms with Gasteiger partial charge in [0.05, 0.1) is 19.2 Å². The van der Waals surface area contributed by atoms with Gasteiger partial charge in [-0.25, -0.2) is 0 Å². The lowest BCUT2D eigenvalue weighted by molar-refractivity contribution is 0.101. The fourth-order valence-corrected chi connectivity index (χ4v) is 2.56. The monoisotopic (exact) mass is 325 g/mol. The number of methoxy groups -OCH3 is 1. The predicted octanol–water partition coefficient (Wildman–Crippen LogP) is 2.97. The van der Waals surface area contributed by atoms with Crippen molar-refractivity contribution >= 4 is 34.5 Å². The summed E-state index contributed by atoms with van der Waals surface area (Å²) < 4.78 is 5.16. The average Bonchev–Trinajstić information content (AvgIpc) is 2.90. The molecule has 0 aromatic heterocycles. The summed E-state index contributed by atoms with van der Waals surface area (Å²) in [4.78, 5) is 11.9. The number of Topliss-reactive ketones (excluding diaryl/α,β-unsaturated/α-hetero) is 1. The number of nitrogens with one attached hydrogen (secondary N) is 2.